The number of thiophene rings is 1. The first-order valence-corrected chi connectivity index (χ1v) is 12.6. The fourth-order valence-electron chi connectivity index (χ4n) is 4.94. The summed E-state index contributed by atoms with van der Waals surface area (Å²) in [7, 11) is 0. The van der Waals surface area contributed by atoms with E-state index in [9.17, 15) is 4.79 Å². The zero-order chi connectivity index (χ0) is 23.8. The van der Waals surface area contributed by atoms with Crippen LogP contribution < -0.4 is 0 Å². The van der Waals surface area contributed by atoms with Gasteiger partial charge in [0.25, 0.3) is 0 Å². The minimum atomic E-state index is 0.0266. The summed E-state index contributed by atoms with van der Waals surface area (Å²) in [4.78, 5) is 38.0. The summed E-state index contributed by atoms with van der Waals surface area (Å²) in [6.45, 7) is 0. The fourth-order valence-corrected chi connectivity index (χ4v) is 5.97. The van der Waals surface area contributed by atoms with E-state index in [-0.39, 0.29) is 11.8 Å². The van der Waals surface area contributed by atoms with Crippen LogP contribution >= 0.6 is 11.3 Å². The Morgan fingerprint density at radius 2 is 1.92 bits per heavy atom. The van der Waals surface area contributed by atoms with Gasteiger partial charge in [-0.05, 0) is 43.2 Å². The van der Waals surface area contributed by atoms with Gasteiger partial charge in [0.2, 0.25) is 5.91 Å². The lowest BCUT2D eigenvalue weighted by atomic mass is 9.84. The molecule has 3 aliphatic rings. The molecule has 0 saturated heterocycles. The quantitative estimate of drug-likeness (QED) is 0.309. The Balaban J connectivity index is 1.59. The Hall–Kier alpha value is -4.44. The van der Waals surface area contributed by atoms with E-state index in [2.05, 4.69) is 25.1 Å². The third kappa shape index (κ3) is 2.81. The van der Waals surface area contributed by atoms with Crippen molar-refractivity contribution in [3.05, 3.63) is 55.1 Å². The van der Waals surface area contributed by atoms with Crippen LogP contribution in [0.2, 0.25) is 0 Å². The van der Waals surface area contributed by atoms with Gasteiger partial charge >= 0.3 is 0 Å². The number of nitrogens with zero attached hydrogens (tertiary/aromatic N) is 6. The van der Waals surface area contributed by atoms with Gasteiger partial charge in [-0.2, -0.15) is 0 Å². The van der Waals surface area contributed by atoms with Crippen molar-refractivity contribution in [2.24, 2.45) is 5.92 Å². The van der Waals surface area contributed by atoms with E-state index in [0.717, 1.165) is 78.5 Å². The molecule has 0 unspecified atom stereocenters. The van der Waals surface area contributed by atoms with Crippen molar-refractivity contribution in [3.63, 3.8) is 0 Å². The van der Waals surface area contributed by atoms with E-state index in [4.69, 9.17) is 9.97 Å². The SMILES string of the molecule is O=C(C1CCC1)n1c2cncc(c2)c2cc3c(cn2)[nH][nH]c-3c2nc3ccnc(c4ccc1s4)c3n2. The molecule has 0 atom stereocenters. The van der Waals surface area contributed by atoms with Gasteiger partial charge in [-0.25, -0.2) is 9.97 Å². The average molecular weight is 491 g/mol. The van der Waals surface area contributed by atoms with Crippen molar-refractivity contribution in [2.75, 3.05) is 0 Å². The predicted molar refractivity (Wildman–Crippen MR) is 140 cm³/mol. The molecule has 9 nitrogen and oxygen atoms in total. The number of aromatic amines is 2. The van der Waals surface area contributed by atoms with E-state index in [1.54, 1.807) is 24.8 Å². The molecule has 2 aliphatic heterocycles. The molecule has 0 amide bonds. The van der Waals surface area contributed by atoms with Crippen molar-refractivity contribution in [1.82, 2.24) is 39.7 Å². The molecule has 0 radical (unpaired) electrons. The molecule has 36 heavy (non-hydrogen) atoms. The maximum absolute atomic E-state index is 13.7. The van der Waals surface area contributed by atoms with Crippen LogP contribution in [0.25, 0.3) is 64.9 Å². The Labute approximate surface area is 206 Å². The van der Waals surface area contributed by atoms with Gasteiger partial charge in [-0.15, -0.1) is 11.3 Å². The summed E-state index contributed by atoms with van der Waals surface area (Å²) in [6.07, 6.45) is 9.98. The number of aromatic nitrogens is 8. The molecule has 5 aromatic heterocycles. The van der Waals surface area contributed by atoms with E-state index in [1.807, 2.05) is 34.9 Å². The van der Waals surface area contributed by atoms with Gasteiger partial charge < -0.3 is 0 Å². The van der Waals surface area contributed by atoms with Crippen molar-refractivity contribution >= 4 is 70.9 Å². The summed E-state index contributed by atoms with van der Waals surface area (Å²) in [5.41, 5.74) is 6.87. The Kier molecular flexibility index (Phi) is 4.01. The van der Waals surface area contributed by atoms with Gasteiger partial charge in [0, 0.05) is 29.3 Å². The standard InChI is InChI=1S/C26H18N8OS/c35-26(13-2-1-3-13)34-15-8-14(10-27-11-15)18-9-16-19(12-29-18)32-33-22(16)25-30-17-6-7-28-24(23(17)31-25)20-4-5-21(34)36-20/h4-13,32-33H,1-3H2. The topological polar surface area (TPSA) is 118 Å². The molecule has 5 aromatic rings. The molecule has 1 fully saturated rings. The van der Waals surface area contributed by atoms with E-state index in [0.29, 0.717) is 5.65 Å². The van der Waals surface area contributed by atoms with E-state index >= 15 is 0 Å². The first-order chi connectivity index (χ1) is 17.7. The van der Waals surface area contributed by atoms with Crippen LogP contribution in [0.4, 0.5) is 0 Å². The summed E-state index contributed by atoms with van der Waals surface area (Å²) < 4.78 is 2.74. The number of imidazole rings is 1. The molecule has 1 saturated carbocycles. The number of H-pyrrole nitrogens is 2. The van der Waals surface area contributed by atoms with Gasteiger partial charge in [0.1, 0.15) is 21.6 Å². The van der Waals surface area contributed by atoms with Crippen LogP contribution in [0.1, 0.15) is 24.1 Å². The van der Waals surface area contributed by atoms with Crippen LogP contribution in [0.5, 0.6) is 0 Å². The summed E-state index contributed by atoms with van der Waals surface area (Å²) in [5, 5.41) is 7.22. The highest BCUT2D eigenvalue weighted by atomic mass is 32.1. The molecular weight excluding hydrogens is 472 g/mol. The van der Waals surface area contributed by atoms with Crippen molar-refractivity contribution in [3.8, 4) is 11.3 Å². The van der Waals surface area contributed by atoms with Gasteiger partial charge in [0.15, 0.2) is 5.65 Å². The molecule has 2 N–H and O–H groups in total. The highest BCUT2D eigenvalue weighted by molar-refractivity contribution is 7.24. The zero-order valence-electron chi connectivity index (χ0n) is 18.9. The first kappa shape index (κ1) is 19.8. The second-order valence-corrected chi connectivity index (χ2v) is 10.2. The minimum Gasteiger partial charge on any atom is -0.298 e. The Morgan fingerprint density at radius 3 is 2.81 bits per heavy atom. The maximum atomic E-state index is 13.7. The van der Waals surface area contributed by atoms with Crippen LogP contribution in [-0.4, -0.2) is 45.6 Å². The van der Waals surface area contributed by atoms with Crippen molar-refractivity contribution < 1.29 is 4.79 Å². The third-order valence-corrected chi connectivity index (χ3v) is 8.14. The molecular formula is C26H18N8OS. The summed E-state index contributed by atoms with van der Waals surface area (Å²) in [6, 6.07) is 9.85. The first-order valence-electron chi connectivity index (χ1n) is 11.8. The molecule has 8 rings (SSSR count). The molecule has 1 aliphatic carbocycles. The monoisotopic (exact) mass is 490 g/mol. The van der Waals surface area contributed by atoms with Gasteiger partial charge in [-0.1, -0.05) is 6.42 Å². The predicted octanol–water partition coefficient (Wildman–Crippen LogP) is 5.62. The lowest BCUT2D eigenvalue weighted by Crippen LogP contribution is -2.27. The van der Waals surface area contributed by atoms with E-state index < -0.39 is 0 Å². The number of carbonyl (C=O) groups is 1. The normalized spacial score (nSPS) is 14.3. The fraction of sp³-hybridized carbons (Fsp3) is 0.154. The van der Waals surface area contributed by atoms with Crippen LogP contribution in [0, 0.1) is 5.92 Å². The van der Waals surface area contributed by atoms with Crippen molar-refractivity contribution in [1.29, 1.82) is 0 Å². The molecule has 10 heteroatoms. The zero-order valence-corrected chi connectivity index (χ0v) is 19.7. The molecule has 7 heterocycles. The minimum absolute atomic E-state index is 0.0266. The molecule has 8 bridgehead atoms. The smallest absolute Gasteiger partial charge is 0.235 e. The Bertz CT molecular complexity index is 2020. The third-order valence-electron chi connectivity index (χ3n) is 7.06. The lowest BCUT2D eigenvalue weighted by molar-refractivity contribution is 0.0776. The van der Waals surface area contributed by atoms with Crippen LogP contribution in [0.3, 0.4) is 0 Å². The number of hydrogen-bond donors (Lipinski definition) is 2. The number of nitrogens with one attached hydrogen (secondary N) is 2. The average Bonchev–Trinajstić information content (AvgIpc) is 3.60. The second-order valence-electron chi connectivity index (χ2n) is 9.19. The molecule has 0 aromatic carbocycles. The highest BCUT2D eigenvalue weighted by Crippen LogP contribution is 2.33. The number of hydrogen-bond acceptors (Lipinski definition) is 7. The molecule has 0 spiro atoms. The highest BCUT2D eigenvalue weighted by Gasteiger charge is 2.27. The maximum Gasteiger partial charge on any atom is 0.235 e. The van der Waals surface area contributed by atoms with Gasteiger partial charge in [0.05, 0.1) is 39.2 Å². The Morgan fingerprint density at radius 1 is 0.972 bits per heavy atom. The van der Waals surface area contributed by atoms with E-state index in [1.165, 1.54) is 11.3 Å². The largest absolute Gasteiger partial charge is 0.298 e. The summed E-state index contributed by atoms with van der Waals surface area (Å²) >= 11 is 1.52. The number of pyridine rings is 3. The van der Waals surface area contributed by atoms with Crippen molar-refractivity contribution in [2.45, 2.75) is 19.3 Å². The van der Waals surface area contributed by atoms with Crippen LogP contribution in [-0.2, 0) is 0 Å². The number of fused-ring (bicyclic) bond motifs is 9. The van der Waals surface area contributed by atoms with Gasteiger partial charge in [-0.3, -0.25) is 34.5 Å². The summed E-state index contributed by atoms with van der Waals surface area (Å²) in [5.74, 6) is 0.129. The van der Waals surface area contributed by atoms with Crippen LogP contribution in [0.15, 0.2) is 55.1 Å². The number of carbonyl (C=O) groups excluding carboxylic acids is 1. The number of rotatable bonds is 1. The second kappa shape index (κ2) is 7.28. The molecule has 174 valence electrons. The lowest BCUT2D eigenvalue weighted by Gasteiger charge is -2.24.